The molecular formula is C15H14N4O4S2. The van der Waals surface area contributed by atoms with Crippen molar-refractivity contribution in [2.24, 2.45) is 0 Å². The summed E-state index contributed by atoms with van der Waals surface area (Å²) >= 11 is 2.34. The molecule has 0 fully saturated rings. The SMILES string of the molecule is Cc1nc(SCC(=O)Nc2cc(C)on2)c2c(C)c(C(=O)O)sc2n1. The number of rotatable bonds is 5. The molecule has 3 heterocycles. The second-order valence-corrected chi connectivity index (χ2v) is 7.24. The van der Waals surface area contributed by atoms with Crippen molar-refractivity contribution in [3.05, 3.63) is 28.1 Å². The Labute approximate surface area is 150 Å². The van der Waals surface area contributed by atoms with E-state index in [2.05, 4.69) is 20.4 Å². The van der Waals surface area contributed by atoms with E-state index >= 15 is 0 Å². The quantitative estimate of drug-likeness (QED) is 0.514. The van der Waals surface area contributed by atoms with Crippen molar-refractivity contribution in [2.45, 2.75) is 25.8 Å². The number of carboxylic acid groups (broad SMARTS) is 1. The van der Waals surface area contributed by atoms with Crippen molar-refractivity contribution in [3.63, 3.8) is 0 Å². The van der Waals surface area contributed by atoms with E-state index in [1.165, 1.54) is 11.8 Å². The van der Waals surface area contributed by atoms with Gasteiger partial charge < -0.3 is 14.9 Å². The molecule has 0 spiro atoms. The fraction of sp³-hybridized carbons (Fsp3) is 0.267. The molecule has 2 N–H and O–H groups in total. The Kier molecular flexibility index (Phi) is 4.73. The predicted molar refractivity (Wildman–Crippen MR) is 94.4 cm³/mol. The van der Waals surface area contributed by atoms with Crippen molar-refractivity contribution in [3.8, 4) is 0 Å². The first-order chi connectivity index (χ1) is 11.8. The smallest absolute Gasteiger partial charge is 0.346 e. The number of aromatic nitrogens is 3. The first kappa shape index (κ1) is 17.4. The van der Waals surface area contributed by atoms with Crippen LogP contribution in [0.25, 0.3) is 10.2 Å². The predicted octanol–water partition coefficient (Wildman–Crippen LogP) is 3.03. The molecule has 3 rings (SSSR count). The number of hydrogen-bond donors (Lipinski definition) is 2. The Morgan fingerprint density at radius 3 is 2.72 bits per heavy atom. The number of carbonyl (C=O) groups is 2. The number of anilines is 1. The number of nitrogens with one attached hydrogen (secondary N) is 1. The number of aromatic carboxylic acids is 1. The number of amides is 1. The van der Waals surface area contributed by atoms with Gasteiger partial charge in [-0.1, -0.05) is 16.9 Å². The molecule has 0 saturated carbocycles. The van der Waals surface area contributed by atoms with Gasteiger partial charge >= 0.3 is 5.97 Å². The molecule has 25 heavy (non-hydrogen) atoms. The Morgan fingerprint density at radius 1 is 1.32 bits per heavy atom. The Morgan fingerprint density at radius 2 is 2.08 bits per heavy atom. The molecule has 3 aromatic heterocycles. The number of fused-ring (bicyclic) bond motifs is 1. The molecular weight excluding hydrogens is 364 g/mol. The molecule has 130 valence electrons. The maximum Gasteiger partial charge on any atom is 0.346 e. The highest BCUT2D eigenvalue weighted by Gasteiger charge is 2.20. The molecule has 1 amide bonds. The molecule has 0 atom stereocenters. The van der Waals surface area contributed by atoms with Crippen molar-refractivity contribution < 1.29 is 19.2 Å². The average molecular weight is 378 g/mol. The van der Waals surface area contributed by atoms with E-state index in [1.807, 2.05) is 0 Å². The van der Waals surface area contributed by atoms with Crippen LogP contribution in [0.1, 0.15) is 26.8 Å². The normalized spacial score (nSPS) is 11.0. The largest absolute Gasteiger partial charge is 0.477 e. The standard InChI is InChI=1S/C15H14N4O4S2/c1-6-4-9(19-23-6)18-10(20)5-24-13-11-7(2)12(15(21)22)25-14(11)17-8(3)16-13/h4H,5H2,1-3H3,(H,21,22)(H,18,19,20). The third-order valence-electron chi connectivity index (χ3n) is 3.30. The van der Waals surface area contributed by atoms with E-state index in [9.17, 15) is 14.7 Å². The van der Waals surface area contributed by atoms with Crippen molar-refractivity contribution >= 4 is 51.0 Å². The van der Waals surface area contributed by atoms with Crippen LogP contribution in [-0.4, -0.2) is 37.9 Å². The summed E-state index contributed by atoms with van der Waals surface area (Å²) in [4.78, 5) is 32.9. The molecule has 0 aromatic carbocycles. The summed E-state index contributed by atoms with van der Waals surface area (Å²) in [6.45, 7) is 5.19. The van der Waals surface area contributed by atoms with E-state index < -0.39 is 5.97 Å². The van der Waals surface area contributed by atoms with Crippen LogP contribution >= 0.6 is 23.1 Å². The van der Waals surface area contributed by atoms with E-state index in [1.54, 1.807) is 26.8 Å². The number of thioether (sulfide) groups is 1. The number of carbonyl (C=O) groups excluding carboxylic acids is 1. The summed E-state index contributed by atoms with van der Waals surface area (Å²) in [7, 11) is 0. The highest BCUT2D eigenvalue weighted by molar-refractivity contribution is 8.00. The highest BCUT2D eigenvalue weighted by atomic mass is 32.2. The minimum atomic E-state index is -0.992. The molecule has 3 aromatic rings. The topological polar surface area (TPSA) is 118 Å². The monoisotopic (exact) mass is 378 g/mol. The van der Waals surface area contributed by atoms with Crippen molar-refractivity contribution in [2.75, 3.05) is 11.1 Å². The number of carboxylic acids is 1. The molecule has 0 aliphatic rings. The lowest BCUT2D eigenvalue weighted by atomic mass is 10.2. The number of hydrogen-bond acceptors (Lipinski definition) is 8. The van der Waals surface area contributed by atoms with Gasteiger partial charge in [-0.3, -0.25) is 4.79 Å². The molecule has 8 nitrogen and oxygen atoms in total. The summed E-state index contributed by atoms with van der Waals surface area (Å²) in [6, 6.07) is 1.62. The lowest BCUT2D eigenvalue weighted by Crippen LogP contribution is -2.14. The van der Waals surface area contributed by atoms with Gasteiger partial charge in [-0.2, -0.15) is 0 Å². The van der Waals surface area contributed by atoms with Gasteiger partial charge in [0.25, 0.3) is 0 Å². The Balaban J connectivity index is 1.83. The zero-order valence-electron chi connectivity index (χ0n) is 13.6. The van der Waals surface area contributed by atoms with Gasteiger partial charge in [0.1, 0.15) is 26.3 Å². The van der Waals surface area contributed by atoms with Crippen LogP contribution in [0, 0.1) is 20.8 Å². The van der Waals surface area contributed by atoms with Crippen LogP contribution in [0.5, 0.6) is 0 Å². The Hall–Kier alpha value is -2.46. The molecule has 0 aliphatic heterocycles. The molecule has 0 saturated heterocycles. The summed E-state index contributed by atoms with van der Waals surface area (Å²) in [5.74, 6) is 0.344. The van der Waals surface area contributed by atoms with Crippen LogP contribution < -0.4 is 5.32 Å². The molecule has 10 heteroatoms. The van der Waals surface area contributed by atoms with E-state index in [4.69, 9.17) is 4.52 Å². The zero-order chi connectivity index (χ0) is 18.1. The Bertz CT molecular complexity index is 979. The van der Waals surface area contributed by atoms with Gasteiger partial charge in [0.2, 0.25) is 5.91 Å². The molecule has 0 radical (unpaired) electrons. The van der Waals surface area contributed by atoms with Gasteiger partial charge in [0.05, 0.1) is 5.75 Å². The molecule has 0 aliphatic carbocycles. The number of thiophene rings is 1. The maximum atomic E-state index is 12.1. The zero-order valence-corrected chi connectivity index (χ0v) is 15.2. The van der Waals surface area contributed by atoms with E-state index in [0.29, 0.717) is 38.2 Å². The summed E-state index contributed by atoms with van der Waals surface area (Å²) in [5.41, 5.74) is 0.613. The fourth-order valence-electron chi connectivity index (χ4n) is 2.25. The fourth-order valence-corrected chi connectivity index (χ4v) is 4.31. The highest BCUT2D eigenvalue weighted by Crippen LogP contribution is 2.35. The van der Waals surface area contributed by atoms with E-state index in [0.717, 1.165) is 11.3 Å². The summed E-state index contributed by atoms with van der Waals surface area (Å²) in [5, 5.41) is 16.9. The van der Waals surface area contributed by atoms with Crippen LogP contribution in [-0.2, 0) is 4.79 Å². The summed E-state index contributed by atoms with van der Waals surface area (Å²) in [6.07, 6.45) is 0. The van der Waals surface area contributed by atoms with Gasteiger partial charge in [0, 0.05) is 11.5 Å². The third-order valence-corrected chi connectivity index (χ3v) is 5.45. The van der Waals surface area contributed by atoms with Crippen LogP contribution in [0.4, 0.5) is 5.82 Å². The van der Waals surface area contributed by atoms with Gasteiger partial charge in [-0.15, -0.1) is 11.3 Å². The average Bonchev–Trinajstić information content (AvgIpc) is 3.08. The van der Waals surface area contributed by atoms with Gasteiger partial charge in [0.15, 0.2) is 5.82 Å². The first-order valence-electron chi connectivity index (χ1n) is 7.22. The van der Waals surface area contributed by atoms with E-state index in [-0.39, 0.29) is 16.5 Å². The number of nitrogens with zero attached hydrogens (tertiary/aromatic N) is 3. The van der Waals surface area contributed by atoms with Crippen molar-refractivity contribution in [1.82, 2.24) is 15.1 Å². The maximum absolute atomic E-state index is 12.1. The lowest BCUT2D eigenvalue weighted by molar-refractivity contribution is -0.113. The number of aryl methyl sites for hydroxylation is 3. The van der Waals surface area contributed by atoms with Crippen LogP contribution in [0.3, 0.4) is 0 Å². The molecule has 0 unspecified atom stereocenters. The van der Waals surface area contributed by atoms with Crippen LogP contribution in [0.15, 0.2) is 15.6 Å². The minimum absolute atomic E-state index is 0.106. The minimum Gasteiger partial charge on any atom is -0.477 e. The lowest BCUT2D eigenvalue weighted by Gasteiger charge is -2.05. The van der Waals surface area contributed by atoms with Crippen molar-refractivity contribution in [1.29, 1.82) is 0 Å². The summed E-state index contributed by atoms with van der Waals surface area (Å²) < 4.78 is 4.90. The molecule has 0 bridgehead atoms. The first-order valence-corrected chi connectivity index (χ1v) is 9.02. The third kappa shape index (κ3) is 3.64. The second kappa shape index (κ2) is 6.81. The van der Waals surface area contributed by atoms with Crippen LogP contribution in [0.2, 0.25) is 0 Å². The van der Waals surface area contributed by atoms with Gasteiger partial charge in [-0.25, -0.2) is 14.8 Å². The van der Waals surface area contributed by atoms with Gasteiger partial charge in [-0.05, 0) is 26.3 Å². The second-order valence-electron chi connectivity index (χ2n) is 5.28.